The second-order valence-electron chi connectivity index (χ2n) is 4.66. The van der Waals surface area contributed by atoms with Gasteiger partial charge in [-0.3, -0.25) is 9.78 Å². The maximum Gasteiger partial charge on any atom is 0.335 e. The second kappa shape index (κ2) is 5.58. The molecule has 2 N–H and O–H groups in total. The number of carbonyl (C=O) groups excluding carboxylic acids is 1. The molecule has 1 aliphatic heterocycles. The van der Waals surface area contributed by atoms with Crippen molar-refractivity contribution in [1.29, 1.82) is 0 Å². The van der Waals surface area contributed by atoms with E-state index in [9.17, 15) is 18.0 Å². The van der Waals surface area contributed by atoms with E-state index in [1.54, 1.807) is 0 Å². The molecule has 1 atom stereocenters. The Morgan fingerprint density at radius 3 is 2.80 bits per heavy atom. The number of hydrogen-bond acceptors (Lipinski definition) is 5. The number of hydrogen-bond donors (Lipinski definition) is 2. The van der Waals surface area contributed by atoms with Gasteiger partial charge in [0.05, 0.1) is 35.2 Å². The monoisotopic (exact) mass is 298 g/mol. The van der Waals surface area contributed by atoms with E-state index in [4.69, 9.17) is 5.11 Å². The minimum atomic E-state index is -3.10. The van der Waals surface area contributed by atoms with Crippen LogP contribution in [0.25, 0.3) is 0 Å². The minimum Gasteiger partial charge on any atom is -0.478 e. The van der Waals surface area contributed by atoms with Crippen molar-refractivity contribution in [3.8, 4) is 0 Å². The molecule has 7 nitrogen and oxygen atoms in total. The fraction of sp³-hybridized carbons (Fsp3) is 0.417. The van der Waals surface area contributed by atoms with Gasteiger partial charge >= 0.3 is 5.97 Å². The molecule has 1 aromatic heterocycles. The number of carbonyl (C=O) groups is 2. The van der Waals surface area contributed by atoms with Crippen molar-refractivity contribution in [3.63, 3.8) is 0 Å². The number of rotatable bonds is 4. The molecular weight excluding hydrogens is 284 g/mol. The fourth-order valence-corrected chi connectivity index (χ4v) is 3.77. The van der Waals surface area contributed by atoms with Crippen LogP contribution in [0.4, 0.5) is 0 Å². The van der Waals surface area contributed by atoms with Crippen LogP contribution in [0.2, 0.25) is 0 Å². The highest BCUT2D eigenvalue weighted by Gasteiger charge is 2.32. The number of carboxylic acids is 1. The molecule has 0 radical (unpaired) electrons. The number of nitrogens with zero attached hydrogens (tertiary/aromatic N) is 1. The summed E-state index contributed by atoms with van der Waals surface area (Å²) >= 11 is 0. The molecule has 2 rings (SSSR count). The number of aromatic nitrogens is 1. The van der Waals surface area contributed by atoms with Gasteiger partial charge in [-0.15, -0.1) is 0 Å². The number of carboxylic acid groups (broad SMARTS) is 1. The van der Waals surface area contributed by atoms with Crippen LogP contribution in [-0.2, 0) is 21.2 Å². The fourth-order valence-electron chi connectivity index (χ4n) is 2.03. The third-order valence-corrected chi connectivity index (χ3v) is 4.88. The standard InChI is InChI=1S/C12H14N2O5S/c15-11(9-2-4-20(18,19)7-9)14-6-10-5-8(12(16)17)1-3-13-10/h1,3,5,9H,2,4,6-7H2,(H,14,15)(H,16,17). The summed E-state index contributed by atoms with van der Waals surface area (Å²) < 4.78 is 22.6. The Bertz CT molecular complexity index is 641. The Kier molecular flexibility index (Phi) is 4.03. The normalized spacial score (nSPS) is 20.5. The van der Waals surface area contributed by atoms with Gasteiger partial charge in [-0.25, -0.2) is 13.2 Å². The van der Waals surface area contributed by atoms with Crippen LogP contribution >= 0.6 is 0 Å². The van der Waals surface area contributed by atoms with Gasteiger partial charge in [0.25, 0.3) is 0 Å². The third-order valence-electron chi connectivity index (χ3n) is 3.11. The first-order chi connectivity index (χ1) is 9.37. The van der Waals surface area contributed by atoms with Gasteiger partial charge in [-0.1, -0.05) is 0 Å². The average molecular weight is 298 g/mol. The summed E-state index contributed by atoms with van der Waals surface area (Å²) in [6, 6.07) is 2.73. The Labute approximate surface area is 115 Å². The van der Waals surface area contributed by atoms with E-state index in [1.807, 2.05) is 0 Å². The smallest absolute Gasteiger partial charge is 0.335 e. The second-order valence-corrected chi connectivity index (χ2v) is 6.89. The number of pyridine rings is 1. The van der Waals surface area contributed by atoms with E-state index in [0.717, 1.165) is 0 Å². The molecule has 1 aliphatic rings. The topological polar surface area (TPSA) is 113 Å². The van der Waals surface area contributed by atoms with E-state index < -0.39 is 21.7 Å². The molecule has 2 heterocycles. The first-order valence-corrected chi connectivity index (χ1v) is 7.86. The van der Waals surface area contributed by atoms with Gasteiger partial charge in [0.15, 0.2) is 9.84 Å². The third kappa shape index (κ3) is 3.53. The molecule has 1 amide bonds. The van der Waals surface area contributed by atoms with Crippen LogP contribution < -0.4 is 5.32 Å². The first kappa shape index (κ1) is 14.4. The van der Waals surface area contributed by atoms with Crippen molar-refractivity contribution in [2.75, 3.05) is 11.5 Å². The van der Waals surface area contributed by atoms with Crippen LogP contribution in [0.5, 0.6) is 0 Å². The van der Waals surface area contributed by atoms with Crippen molar-refractivity contribution in [3.05, 3.63) is 29.6 Å². The lowest BCUT2D eigenvalue weighted by atomic mass is 10.1. The minimum absolute atomic E-state index is 0.0395. The summed E-state index contributed by atoms with van der Waals surface area (Å²) in [7, 11) is -3.10. The van der Waals surface area contributed by atoms with Gasteiger partial charge in [-0.05, 0) is 18.6 Å². The zero-order chi connectivity index (χ0) is 14.8. The van der Waals surface area contributed by atoms with E-state index in [1.165, 1.54) is 18.3 Å². The van der Waals surface area contributed by atoms with Crippen molar-refractivity contribution in [2.45, 2.75) is 13.0 Å². The number of aromatic carboxylic acids is 1. The maximum atomic E-state index is 11.8. The lowest BCUT2D eigenvalue weighted by Crippen LogP contribution is -2.31. The quantitative estimate of drug-likeness (QED) is 0.798. The maximum absolute atomic E-state index is 11.8. The molecule has 0 spiro atoms. The largest absolute Gasteiger partial charge is 0.478 e. The lowest BCUT2D eigenvalue weighted by Gasteiger charge is -2.09. The molecule has 20 heavy (non-hydrogen) atoms. The molecule has 1 unspecified atom stereocenters. The zero-order valence-electron chi connectivity index (χ0n) is 10.6. The van der Waals surface area contributed by atoms with Gasteiger partial charge in [-0.2, -0.15) is 0 Å². The van der Waals surface area contributed by atoms with Gasteiger partial charge in [0, 0.05) is 6.20 Å². The molecule has 108 valence electrons. The van der Waals surface area contributed by atoms with Crippen molar-refractivity contribution < 1.29 is 23.1 Å². The predicted molar refractivity (Wildman–Crippen MR) is 69.8 cm³/mol. The van der Waals surface area contributed by atoms with Gasteiger partial charge < -0.3 is 10.4 Å². The Balaban J connectivity index is 1.94. The Hall–Kier alpha value is -1.96. The van der Waals surface area contributed by atoms with E-state index in [-0.39, 0.29) is 29.5 Å². The van der Waals surface area contributed by atoms with Crippen LogP contribution in [0.15, 0.2) is 18.3 Å². The SMILES string of the molecule is O=C(O)c1ccnc(CNC(=O)C2CCS(=O)(=O)C2)c1. The molecule has 8 heteroatoms. The van der Waals surface area contributed by atoms with E-state index >= 15 is 0 Å². The summed E-state index contributed by atoms with van der Waals surface area (Å²) in [5.74, 6) is -2.02. The summed E-state index contributed by atoms with van der Waals surface area (Å²) in [5.41, 5.74) is 0.506. The summed E-state index contributed by atoms with van der Waals surface area (Å²) in [6.45, 7) is 0.0799. The van der Waals surface area contributed by atoms with Crippen LogP contribution in [-0.4, -0.2) is 41.9 Å². The average Bonchev–Trinajstić information content (AvgIpc) is 2.77. The summed E-state index contributed by atoms with van der Waals surface area (Å²) in [4.78, 5) is 26.5. The highest BCUT2D eigenvalue weighted by Crippen LogP contribution is 2.18. The van der Waals surface area contributed by atoms with Crippen LogP contribution in [0.1, 0.15) is 22.5 Å². The molecule has 1 fully saturated rings. The van der Waals surface area contributed by atoms with Gasteiger partial charge in [0.1, 0.15) is 0 Å². The van der Waals surface area contributed by atoms with Crippen molar-refractivity contribution in [1.82, 2.24) is 10.3 Å². The molecule has 1 aromatic rings. The Morgan fingerprint density at radius 1 is 1.45 bits per heavy atom. The number of nitrogens with one attached hydrogen (secondary N) is 1. The summed E-state index contributed by atoms with van der Waals surface area (Å²) in [5, 5.41) is 11.4. The van der Waals surface area contributed by atoms with Crippen molar-refractivity contribution in [2.24, 2.45) is 5.92 Å². The van der Waals surface area contributed by atoms with Crippen molar-refractivity contribution >= 4 is 21.7 Å². The highest BCUT2D eigenvalue weighted by molar-refractivity contribution is 7.91. The van der Waals surface area contributed by atoms with Gasteiger partial charge in [0.2, 0.25) is 5.91 Å². The molecule has 0 aliphatic carbocycles. The summed E-state index contributed by atoms with van der Waals surface area (Å²) in [6.07, 6.45) is 1.68. The highest BCUT2D eigenvalue weighted by atomic mass is 32.2. The van der Waals surface area contributed by atoms with Crippen LogP contribution in [0, 0.1) is 5.92 Å². The lowest BCUT2D eigenvalue weighted by molar-refractivity contribution is -0.124. The van der Waals surface area contributed by atoms with E-state index in [2.05, 4.69) is 10.3 Å². The predicted octanol–water partition coefficient (Wildman–Crippen LogP) is -0.169. The zero-order valence-corrected chi connectivity index (χ0v) is 11.4. The molecule has 0 aromatic carbocycles. The number of amides is 1. The molecule has 0 bridgehead atoms. The van der Waals surface area contributed by atoms with Crippen LogP contribution in [0.3, 0.4) is 0 Å². The molecule has 1 saturated heterocycles. The van der Waals surface area contributed by atoms with E-state index in [0.29, 0.717) is 12.1 Å². The Morgan fingerprint density at radius 2 is 2.20 bits per heavy atom. The molecular formula is C12H14N2O5S. The first-order valence-electron chi connectivity index (χ1n) is 6.04. The number of sulfone groups is 1. The molecule has 0 saturated carbocycles.